The summed E-state index contributed by atoms with van der Waals surface area (Å²) in [6.07, 6.45) is 0.178. The van der Waals surface area contributed by atoms with Crippen molar-refractivity contribution in [1.29, 1.82) is 0 Å². The van der Waals surface area contributed by atoms with Gasteiger partial charge in [-0.15, -0.1) is 0 Å². The molecule has 0 fully saturated rings. The van der Waals surface area contributed by atoms with Gasteiger partial charge in [0.15, 0.2) is 0 Å². The third-order valence-corrected chi connectivity index (χ3v) is 5.12. The van der Waals surface area contributed by atoms with Crippen LogP contribution in [0, 0.1) is 0 Å². The maximum atomic E-state index is 11.3. The third kappa shape index (κ3) is 2.67. The van der Waals surface area contributed by atoms with E-state index in [1.165, 1.54) is 7.11 Å². The molecule has 0 aliphatic carbocycles. The van der Waals surface area contributed by atoms with E-state index in [-0.39, 0.29) is 12.2 Å². The molecule has 0 bridgehead atoms. The average Bonchev–Trinajstić information content (AvgIpc) is 2.28. The largest absolute Gasteiger partial charge is 0.465 e. The molecular weight excluding hydrogens is 208 g/mol. The first-order valence-electron chi connectivity index (χ1n) is 4.81. The Balaban J connectivity index is 3.08. The highest BCUT2D eigenvalue weighted by molar-refractivity contribution is 6.89. The molecule has 1 rings (SSSR count). The number of esters is 1. The van der Waals surface area contributed by atoms with Gasteiger partial charge in [0.25, 0.3) is 0 Å². The van der Waals surface area contributed by atoms with Gasteiger partial charge in [0, 0.05) is 6.23 Å². The SMILES string of the molecule is COC(=O)c1cccc([Si](C)(C)CO)c1. The molecule has 1 N–H and O–H groups in total. The summed E-state index contributed by atoms with van der Waals surface area (Å²) < 4.78 is 4.65. The fourth-order valence-electron chi connectivity index (χ4n) is 1.28. The van der Waals surface area contributed by atoms with Gasteiger partial charge < -0.3 is 9.84 Å². The summed E-state index contributed by atoms with van der Waals surface area (Å²) in [7, 11) is -0.431. The van der Waals surface area contributed by atoms with Crippen LogP contribution in [-0.2, 0) is 4.74 Å². The van der Waals surface area contributed by atoms with Gasteiger partial charge in [-0.2, -0.15) is 0 Å². The third-order valence-electron chi connectivity index (χ3n) is 2.46. The molecule has 0 aliphatic heterocycles. The van der Waals surface area contributed by atoms with Gasteiger partial charge in [-0.1, -0.05) is 30.4 Å². The van der Waals surface area contributed by atoms with E-state index in [1.54, 1.807) is 6.07 Å². The van der Waals surface area contributed by atoms with Crippen LogP contribution in [0.4, 0.5) is 0 Å². The molecule has 0 unspecified atom stereocenters. The standard InChI is InChI=1S/C11H16O3Si/c1-14-11(13)9-5-4-6-10(7-9)15(2,3)8-12/h4-7,12H,8H2,1-3H3. The van der Waals surface area contributed by atoms with E-state index >= 15 is 0 Å². The van der Waals surface area contributed by atoms with E-state index in [4.69, 9.17) is 0 Å². The quantitative estimate of drug-likeness (QED) is 0.613. The summed E-state index contributed by atoms with van der Waals surface area (Å²) in [5.74, 6) is -0.334. The lowest BCUT2D eigenvalue weighted by Crippen LogP contribution is -2.45. The van der Waals surface area contributed by atoms with Crippen molar-refractivity contribution in [3.05, 3.63) is 29.8 Å². The van der Waals surface area contributed by atoms with Gasteiger partial charge >= 0.3 is 5.97 Å². The van der Waals surface area contributed by atoms with E-state index in [0.717, 1.165) is 5.19 Å². The Morgan fingerprint density at radius 2 is 2.13 bits per heavy atom. The molecule has 0 spiro atoms. The van der Waals surface area contributed by atoms with Gasteiger partial charge in [0.1, 0.15) is 8.07 Å². The van der Waals surface area contributed by atoms with Crippen molar-refractivity contribution < 1.29 is 14.6 Å². The van der Waals surface area contributed by atoms with Crippen LogP contribution < -0.4 is 5.19 Å². The molecule has 0 saturated heterocycles. The van der Waals surface area contributed by atoms with Crippen LogP contribution >= 0.6 is 0 Å². The minimum absolute atomic E-state index is 0.178. The summed E-state index contributed by atoms with van der Waals surface area (Å²) in [5, 5.41) is 10.3. The number of benzene rings is 1. The van der Waals surface area contributed by atoms with Gasteiger partial charge in [-0.05, 0) is 12.1 Å². The zero-order valence-corrected chi connectivity index (χ0v) is 10.3. The number of rotatable bonds is 3. The second-order valence-corrected chi connectivity index (χ2v) is 8.78. The molecular formula is C11H16O3Si. The fraction of sp³-hybridized carbons (Fsp3) is 0.364. The fourth-order valence-corrected chi connectivity index (χ4v) is 2.55. The van der Waals surface area contributed by atoms with Crippen LogP contribution in [0.2, 0.25) is 13.1 Å². The molecule has 4 heteroatoms. The first-order valence-corrected chi connectivity index (χ1v) is 8.01. The van der Waals surface area contributed by atoms with E-state index in [1.807, 2.05) is 18.2 Å². The summed E-state index contributed by atoms with van der Waals surface area (Å²) in [6.45, 7) is 4.12. The van der Waals surface area contributed by atoms with Crippen molar-refractivity contribution in [2.75, 3.05) is 13.3 Å². The molecule has 0 amide bonds. The highest BCUT2D eigenvalue weighted by atomic mass is 28.3. The number of aliphatic hydroxyl groups is 1. The minimum Gasteiger partial charge on any atom is -0.465 e. The second-order valence-electron chi connectivity index (χ2n) is 4.11. The van der Waals surface area contributed by atoms with Gasteiger partial charge in [0.05, 0.1) is 12.7 Å². The predicted molar refractivity (Wildman–Crippen MR) is 62.0 cm³/mol. The predicted octanol–water partition coefficient (Wildman–Crippen LogP) is 0.920. The van der Waals surface area contributed by atoms with Crippen molar-refractivity contribution >= 4 is 19.2 Å². The summed E-state index contributed by atoms with van der Waals surface area (Å²) in [5.41, 5.74) is 0.545. The average molecular weight is 224 g/mol. The Labute approximate surface area is 90.7 Å². The van der Waals surface area contributed by atoms with E-state index in [2.05, 4.69) is 17.8 Å². The van der Waals surface area contributed by atoms with E-state index in [9.17, 15) is 9.90 Å². The number of methoxy groups -OCH3 is 1. The lowest BCUT2D eigenvalue weighted by molar-refractivity contribution is 0.0601. The number of hydrogen-bond donors (Lipinski definition) is 1. The minimum atomic E-state index is -1.80. The summed E-state index contributed by atoms with van der Waals surface area (Å²) in [4.78, 5) is 11.3. The van der Waals surface area contributed by atoms with Crippen LogP contribution in [0.15, 0.2) is 24.3 Å². The molecule has 0 aromatic heterocycles. The molecule has 0 radical (unpaired) electrons. The first kappa shape index (κ1) is 11.9. The number of hydrogen-bond acceptors (Lipinski definition) is 3. The zero-order chi connectivity index (χ0) is 11.5. The molecule has 0 atom stereocenters. The number of carbonyl (C=O) groups is 1. The van der Waals surface area contributed by atoms with Crippen LogP contribution in [0.5, 0.6) is 0 Å². The van der Waals surface area contributed by atoms with E-state index < -0.39 is 8.07 Å². The molecule has 0 saturated carbocycles. The zero-order valence-electron chi connectivity index (χ0n) is 9.28. The van der Waals surface area contributed by atoms with Crippen LogP contribution in [-0.4, -0.2) is 32.5 Å². The van der Waals surface area contributed by atoms with Gasteiger partial charge in [0.2, 0.25) is 0 Å². The number of carbonyl (C=O) groups excluding carboxylic acids is 1. The molecule has 0 heterocycles. The Bertz CT molecular complexity index is 361. The summed E-state index contributed by atoms with van der Waals surface area (Å²) in [6, 6.07) is 7.31. The normalized spacial score (nSPS) is 11.2. The first-order chi connectivity index (χ1) is 7.01. The number of ether oxygens (including phenoxy) is 1. The second kappa shape index (κ2) is 4.59. The van der Waals surface area contributed by atoms with Crippen molar-refractivity contribution in [1.82, 2.24) is 0 Å². The molecule has 15 heavy (non-hydrogen) atoms. The molecule has 0 aliphatic rings. The topological polar surface area (TPSA) is 46.5 Å². The van der Waals surface area contributed by atoms with Crippen molar-refractivity contribution in [3.63, 3.8) is 0 Å². The summed E-state index contributed by atoms with van der Waals surface area (Å²) >= 11 is 0. The Kier molecular flexibility index (Phi) is 3.65. The lowest BCUT2D eigenvalue weighted by atomic mass is 10.2. The lowest BCUT2D eigenvalue weighted by Gasteiger charge is -2.19. The van der Waals surface area contributed by atoms with Gasteiger partial charge in [-0.3, -0.25) is 0 Å². The van der Waals surface area contributed by atoms with Crippen LogP contribution in [0.25, 0.3) is 0 Å². The Morgan fingerprint density at radius 3 is 2.67 bits per heavy atom. The maximum absolute atomic E-state index is 11.3. The van der Waals surface area contributed by atoms with Gasteiger partial charge in [-0.25, -0.2) is 4.79 Å². The molecule has 82 valence electrons. The van der Waals surface area contributed by atoms with E-state index in [0.29, 0.717) is 5.56 Å². The molecule has 1 aromatic carbocycles. The monoisotopic (exact) mass is 224 g/mol. The van der Waals surface area contributed by atoms with Crippen LogP contribution in [0.3, 0.4) is 0 Å². The van der Waals surface area contributed by atoms with Crippen LogP contribution in [0.1, 0.15) is 10.4 Å². The highest BCUT2D eigenvalue weighted by Crippen LogP contribution is 2.06. The molecule has 3 nitrogen and oxygen atoms in total. The smallest absolute Gasteiger partial charge is 0.337 e. The Hall–Kier alpha value is -1.13. The molecule has 1 aromatic rings. The van der Waals surface area contributed by atoms with Crippen molar-refractivity contribution in [3.8, 4) is 0 Å². The van der Waals surface area contributed by atoms with Crippen molar-refractivity contribution in [2.45, 2.75) is 13.1 Å². The number of aliphatic hydroxyl groups excluding tert-OH is 1. The Morgan fingerprint density at radius 1 is 1.47 bits per heavy atom. The van der Waals surface area contributed by atoms with Crippen molar-refractivity contribution in [2.24, 2.45) is 0 Å². The highest BCUT2D eigenvalue weighted by Gasteiger charge is 2.23. The maximum Gasteiger partial charge on any atom is 0.337 e.